The van der Waals surface area contributed by atoms with E-state index >= 15 is 0 Å². The van der Waals surface area contributed by atoms with Gasteiger partial charge in [0.15, 0.2) is 0 Å². The van der Waals surface area contributed by atoms with Gasteiger partial charge in [-0.25, -0.2) is 4.98 Å². The predicted octanol–water partition coefficient (Wildman–Crippen LogP) is 12.4. The Balaban J connectivity index is 0.00000427. The number of hydrogen-bond donors (Lipinski definition) is 1. The fourth-order valence-corrected chi connectivity index (χ4v) is 7.82. The van der Waals surface area contributed by atoms with Crippen LogP contribution in [0.4, 0.5) is 0 Å². The molecule has 55 heavy (non-hydrogen) atoms. The topological polar surface area (TPSA) is 50.9 Å². The Morgan fingerprint density at radius 2 is 1.25 bits per heavy atom. The van der Waals surface area contributed by atoms with E-state index in [-0.39, 0.29) is 32.2 Å². The van der Waals surface area contributed by atoms with Crippen LogP contribution in [-0.4, -0.2) is 19.6 Å². The molecule has 0 radical (unpaired) electrons. The van der Waals surface area contributed by atoms with E-state index in [1.54, 1.807) is 0 Å². The number of aromatic nitrogens is 3. The van der Waals surface area contributed by atoms with Crippen LogP contribution in [0.25, 0.3) is 72.7 Å². The second-order valence-electron chi connectivity index (χ2n) is 15.4. The third-order valence-corrected chi connectivity index (χ3v) is 10.8. The molecule has 6 aromatic carbocycles. The molecule has 0 bridgehead atoms. The Hall–Kier alpha value is -5.57. The van der Waals surface area contributed by atoms with Crippen LogP contribution >= 0.6 is 0 Å². The first-order valence-corrected chi connectivity index (χ1v) is 18.9. The number of aryl methyl sites for hydroxylation is 2. The van der Waals surface area contributed by atoms with Crippen LogP contribution in [0.2, 0.25) is 0 Å². The zero-order valence-corrected chi connectivity index (χ0v) is 33.6. The van der Waals surface area contributed by atoms with Gasteiger partial charge in [-0.1, -0.05) is 123 Å². The molecule has 0 amide bonds. The van der Waals surface area contributed by atoms with Gasteiger partial charge in [-0.3, -0.25) is 9.55 Å². The number of aromatic hydroxyl groups is 1. The zero-order chi connectivity index (χ0) is 36.8. The summed E-state index contributed by atoms with van der Waals surface area (Å²) >= 11 is 0. The van der Waals surface area contributed by atoms with E-state index in [9.17, 15) is 5.11 Å². The van der Waals surface area contributed by atoms with Crippen molar-refractivity contribution in [3.63, 3.8) is 0 Å². The SMILES string of the molecule is CC(C)(C)c1cc(-c2cc(-c3ccc(-c4ccccc4)cc3)ccn2)[c-]c(-c2cccc3c2nc(-c2cc4c(cc2O)CCCC4)n3-c2ccccc2)c1.[Pt]. The molecule has 0 aliphatic heterocycles. The van der Waals surface area contributed by atoms with Gasteiger partial charge >= 0.3 is 0 Å². The number of phenols is 1. The quantitative estimate of drug-likeness (QED) is 0.169. The molecular weight excluding hydrogens is 854 g/mol. The monoisotopic (exact) mass is 895 g/mol. The van der Waals surface area contributed by atoms with Gasteiger partial charge in [0.2, 0.25) is 0 Å². The smallest absolute Gasteiger partial charge is 0.148 e. The van der Waals surface area contributed by atoms with E-state index in [1.165, 1.54) is 27.8 Å². The number of nitrogens with zero attached hydrogens (tertiary/aromatic N) is 3. The summed E-state index contributed by atoms with van der Waals surface area (Å²) in [6.07, 6.45) is 6.24. The van der Waals surface area contributed by atoms with Gasteiger partial charge in [-0.15, -0.1) is 29.3 Å². The van der Waals surface area contributed by atoms with Crippen molar-refractivity contribution in [1.82, 2.24) is 14.5 Å². The number of phenolic OH excluding ortho intramolecular Hbond substituents is 1. The van der Waals surface area contributed by atoms with Gasteiger partial charge in [0, 0.05) is 38.6 Å². The molecule has 0 spiro atoms. The van der Waals surface area contributed by atoms with Crippen molar-refractivity contribution in [3.05, 3.63) is 168 Å². The van der Waals surface area contributed by atoms with Gasteiger partial charge in [0.1, 0.15) is 11.6 Å². The van der Waals surface area contributed by atoms with Crippen LogP contribution in [0.1, 0.15) is 50.3 Å². The summed E-state index contributed by atoms with van der Waals surface area (Å²) in [7, 11) is 0. The molecular formula is C50H42N3OPt-. The van der Waals surface area contributed by atoms with Gasteiger partial charge in [-0.05, 0) is 101 Å². The molecule has 2 aromatic heterocycles. The molecule has 0 saturated carbocycles. The molecule has 1 aliphatic rings. The minimum atomic E-state index is -0.124. The summed E-state index contributed by atoms with van der Waals surface area (Å²) in [6, 6.07) is 52.5. The summed E-state index contributed by atoms with van der Waals surface area (Å²) in [4.78, 5) is 10.3. The summed E-state index contributed by atoms with van der Waals surface area (Å²) in [5, 5.41) is 11.5. The Morgan fingerprint density at radius 3 is 1.96 bits per heavy atom. The number of fused-ring (bicyclic) bond motifs is 2. The molecule has 8 aromatic rings. The van der Waals surface area contributed by atoms with E-state index in [2.05, 4.69) is 141 Å². The molecule has 1 aliphatic carbocycles. The molecule has 0 fully saturated rings. The molecule has 2 heterocycles. The average Bonchev–Trinajstić information content (AvgIpc) is 3.60. The summed E-state index contributed by atoms with van der Waals surface area (Å²) in [6.45, 7) is 6.74. The van der Waals surface area contributed by atoms with Crippen molar-refractivity contribution in [3.8, 4) is 67.5 Å². The minimum Gasteiger partial charge on any atom is -0.507 e. The van der Waals surface area contributed by atoms with Gasteiger partial charge in [0.05, 0.1) is 16.6 Å². The second kappa shape index (κ2) is 14.9. The maximum absolute atomic E-state index is 11.5. The Labute approximate surface area is 337 Å². The van der Waals surface area contributed by atoms with Gasteiger partial charge in [-0.2, -0.15) is 0 Å². The largest absolute Gasteiger partial charge is 0.507 e. The zero-order valence-electron chi connectivity index (χ0n) is 31.3. The van der Waals surface area contributed by atoms with Gasteiger partial charge < -0.3 is 5.11 Å². The van der Waals surface area contributed by atoms with Crippen molar-refractivity contribution < 1.29 is 26.2 Å². The summed E-state index contributed by atoms with van der Waals surface area (Å²) < 4.78 is 2.19. The first kappa shape index (κ1) is 36.4. The number of imidazole rings is 1. The molecule has 1 N–H and O–H groups in total. The third kappa shape index (κ3) is 7.08. The average molecular weight is 896 g/mol. The second-order valence-corrected chi connectivity index (χ2v) is 15.4. The normalized spacial score (nSPS) is 12.6. The van der Waals surface area contributed by atoms with Crippen LogP contribution in [0.3, 0.4) is 0 Å². The standard InChI is InChI=1S/C50H42N3O.Pt/c1-50(2,3)41-28-39(27-40(29-41)45-31-38(25-26-51-45)35-23-21-34(22-24-35)33-13-6-4-7-14-33)43-19-12-20-46-48(43)52-49(53(46)42-17-8-5-9-18-42)44-30-36-15-10-11-16-37(36)32-47(44)54;/h4-9,12-14,17-26,28-32,54H,10-11,15-16H2,1-3H3;/q-1;. The first-order chi connectivity index (χ1) is 26.3. The fraction of sp³-hybridized carbons (Fsp3) is 0.160. The predicted molar refractivity (Wildman–Crippen MR) is 222 cm³/mol. The van der Waals surface area contributed by atoms with Crippen LogP contribution < -0.4 is 0 Å². The molecule has 0 atom stereocenters. The molecule has 5 heteroatoms. The van der Waals surface area contributed by atoms with E-state index in [4.69, 9.17) is 9.97 Å². The minimum absolute atomic E-state index is 0. The Morgan fingerprint density at radius 1 is 0.618 bits per heavy atom. The van der Waals surface area contributed by atoms with E-state index in [0.29, 0.717) is 0 Å². The number of rotatable bonds is 6. The summed E-state index contributed by atoms with van der Waals surface area (Å²) in [5.41, 5.74) is 15.6. The number of hydrogen-bond acceptors (Lipinski definition) is 3. The Bertz CT molecular complexity index is 2640. The van der Waals surface area contributed by atoms with Crippen molar-refractivity contribution in [2.45, 2.75) is 51.9 Å². The van der Waals surface area contributed by atoms with E-state index in [1.807, 2.05) is 36.5 Å². The number of benzene rings is 6. The van der Waals surface area contributed by atoms with Crippen molar-refractivity contribution in [2.24, 2.45) is 0 Å². The molecule has 4 nitrogen and oxygen atoms in total. The van der Waals surface area contributed by atoms with Crippen molar-refractivity contribution >= 4 is 11.0 Å². The van der Waals surface area contributed by atoms with Crippen LogP contribution in [-0.2, 0) is 39.3 Å². The Kier molecular flexibility index (Phi) is 9.88. The molecule has 9 rings (SSSR count). The van der Waals surface area contributed by atoms with Crippen LogP contribution in [0.15, 0.2) is 146 Å². The molecule has 0 unspecified atom stereocenters. The maximum Gasteiger partial charge on any atom is 0.148 e. The van der Waals surface area contributed by atoms with Crippen LogP contribution in [0.5, 0.6) is 5.75 Å². The summed E-state index contributed by atoms with van der Waals surface area (Å²) in [5.74, 6) is 1.00. The first-order valence-electron chi connectivity index (χ1n) is 18.9. The fourth-order valence-electron chi connectivity index (χ4n) is 7.82. The van der Waals surface area contributed by atoms with Gasteiger partial charge in [0.25, 0.3) is 0 Å². The number of pyridine rings is 1. The molecule has 0 saturated heterocycles. The van der Waals surface area contributed by atoms with E-state index < -0.39 is 0 Å². The third-order valence-electron chi connectivity index (χ3n) is 10.8. The number of para-hydroxylation sites is 2. The van der Waals surface area contributed by atoms with Crippen molar-refractivity contribution in [2.75, 3.05) is 0 Å². The van der Waals surface area contributed by atoms with Crippen LogP contribution in [0, 0.1) is 6.07 Å². The van der Waals surface area contributed by atoms with Crippen molar-refractivity contribution in [1.29, 1.82) is 0 Å². The van der Waals surface area contributed by atoms with E-state index in [0.717, 1.165) is 87.3 Å². The maximum atomic E-state index is 11.5. The molecule has 274 valence electrons.